The summed E-state index contributed by atoms with van der Waals surface area (Å²) in [5.74, 6) is 0.552. The first kappa shape index (κ1) is 19.7. The van der Waals surface area contributed by atoms with E-state index in [0.29, 0.717) is 42.4 Å². The number of anilines is 2. The Kier molecular flexibility index (Phi) is 6.16. The fourth-order valence-electron chi connectivity index (χ4n) is 3.22. The molecule has 1 aliphatic rings. The molecule has 0 radical (unpaired) electrons. The second kappa shape index (κ2) is 8.75. The van der Waals surface area contributed by atoms with Crippen molar-refractivity contribution in [3.63, 3.8) is 0 Å². The predicted octanol–water partition coefficient (Wildman–Crippen LogP) is 2.75. The van der Waals surface area contributed by atoms with Gasteiger partial charge in [0.05, 0.1) is 44.3 Å². The Morgan fingerprint density at radius 3 is 2.61 bits per heavy atom. The summed E-state index contributed by atoms with van der Waals surface area (Å²) in [6.07, 6.45) is -0.462. The number of methoxy groups -OCH3 is 2. The van der Waals surface area contributed by atoms with Gasteiger partial charge in [-0.3, -0.25) is 9.59 Å². The lowest BCUT2D eigenvalue weighted by atomic mass is 10.1. The molecule has 1 N–H and O–H groups in total. The summed E-state index contributed by atoms with van der Waals surface area (Å²) >= 11 is 0. The molecule has 0 aromatic heterocycles. The smallest absolute Gasteiger partial charge is 0.259 e. The van der Waals surface area contributed by atoms with E-state index < -0.39 is 6.10 Å². The van der Waals surface area contributed by atoms with Crippen molar-refractivity contribution in [2.45, 2.75) is 13.0 Å². The van der Waals surface area contributed by atoms with Gasteiger partial charge in [-0.1, -0.05) is 18.2 Å². The second-order valence-electron chi connectivity index (χ2n) is 6.43. The summed E-state index contributed by atoms with van der Waals surface area (Å²) in [5, 5.41) is 2.95. The minimum absolute atomic E-state index is 0.00710. The molecule has 1 fully saturated rings. The summed E-state index contributed by atoms with van der Waals surface area (Å²) in [5.41, 5.74) is 1.87. The summed E-state index contributed by atoms with van der Waals surface area (Å²) in [6, 6.07) is 12.7. The van der Waals surface area contributed by atoms with E-state index in [2.05, 4.69) is 5.32 Å². The minimum atomic E-state index is -0.462. The molecule has 1 amide bonds. The number of nitrogens with one attached hydrogen (secondary N) is 1. The van der Waals surface area contributed by atoms with Crippen LogP contribution in [0.4, 0.5) is 11.4 Å². The van der Waals surface area contributed by atoms with E-state index in [-0.39, 0.29) is 11.7 Å². The van der Waals surface area contributed by atoms with Crippen LogP contribution in [0, 0.1) is 0 Å². The first-order valence-electron chi connectivity index (χ1n) is 9.03. The lowest BCUT2D eigenvalue weighted by Gasteiger charge is -2.34. The van der Waals surface area contributed by atoms with Gasteiger partial charge in [-0.2, -0.15) is 0 Å². The summed E-state index contributed by atoms with van der Waals surface area (Å²) in [4.78, 5) is 26.7. The molecule has 1 atom stereocenters. The molecule has 0 saturated carbocycles. The molecular weight excluding hydrogens is 360 g/mol. The van der Waals surface area contributed by atoms with Crippen LogP contribution in [-0.4, -0.2) is 51.7 Å². The van der Waals surface area contributed by atoms with Crippen LogP contribution in [0.5, 0.6) is 11.5 Å². The molecule has 2 aromatic rings. The molecule has 2 aromatic carbocycles. The standard InChI is InChI=1S/C21H24N2O5/c1-14(24)19-13-23(11-12-28-19)17-9-5-4-8-16(17)22-21(25)15-7-6-10-18(26-2)20(15)27-3/h4-10,19H,11-13H2,1-3H3,(H,22,25). The van der Waals surface area contributed by atoms with Gasteiger partial charge in [-0.15, -0.1) is 0 Å². The van der Waals surface area contributed by atoms with Gasteiger partial charge in [-0.25, -0.2) is 0 Å². The van der Waals surface area contributed by atoms with E-state index in [1.165, 1.54) is 21.1 Å². The largest absolute Gasteiger partial charge is 0.493 e. The molecule has 7 heteroatoms. The van der Waals surface area contributed by atoms with Crippen molar-refractivity contribution in [2.75, 3.05) is 44.1 Å². The van der Waals surface area contributed by atoms with Crippen molar-refractivity contribution in [2.24, 2.45) is 0 Å². The molecule has 7 nitrogen and oxygen atoms in total. The maximum Gasteiger partial charge on any atom is 0.259 e. The average Bonchev–Trinajstić information content (AvgIpc) is 2.73. The molecule has 28 heavy (non-hydrogen) atoms. The van der Waals surface area contributed by atoms with Gasteiger partial charge in [0.15, 0.2) is 17.3 Å². The number of carbonyl (C=O) groups is 2. The van der Waals surface area contributed by atoms with Crippen molar-refractivity contribution < 1.29 is 23.8 Å². The van der Waals surface area contributed by atoms with Crippen LogP contribution in [0.1, 0.15) is 17.3 Å². The van der Waals surface area contributed by atoms with Crippen molar-refractivity contribution in [3.05, 3.63) is 48.0 Å². The molecule has 0 aliphatic carbocycles. The van der Waals surface area contributed by atoms with Crippen molar-refractivity contribution in [1.29, 1.82) is 0 Å². The third-order valence-corrected chi connectivity index (χ3v) is 4.66. The Morgan fingerprint density at radius 2 is 1.89 bits per heavy atom. The normalized spacial score (nSPS) is 16.4. The molecule has 0 spiro atoms. The Morgan fingerprint density at radius 1 is 1.11 bits per heavy atom. The number of morpholine rings is 1. The number of para-hydroxylation sites is 3. The van der Waals surface area contributed by atoms with Gasteiger partial charge in [0.25, 0.3) is 5.91 Å². The lowest BCUT2D eigenvalue weighted by molar-refractivity contribution is -0.128. The fourth-order valence-corrected chi connectivity index (χ4v) is 3.22. The van der Waals surface area contributed by atoms with E-state index >= 15 is 0 Å². The Balaban J connectivity index is 1.86. The number of Topliss-reactive ketones (excluding diaryl/α,β-unsaturated/α-hetero) is 1. The lowest BCUT2D eigenvalue weighted by Crippen LogP contribution is -2.45. The third kappa shape index (κ3) is 4.09. The number of hydrogen-bond donors (Lipinski definition) is 1. The maximum atomic E-state index is 12.9. The highest BCUT2D eigenvalue weighted by molar-refractivity contribution is 6.08. The van der Waals surface area contributed by atoms with Crippen LogP contribution in [0.3, 0.4) is 0 Å². The van der Waals surface area contributed by atoms with Crippen LogP contribution in [0.2, 0.25) is 0 Å². The monoisotopic (exact) mass is 384 g/mol. The van der Waals surface area contributed by atoms with Gasteiger partial charge in [0.2, 0.25) is 0 Å². The van der Waals surface area contributed by atoms with Gasteiger partial charge in [0.1, 0.15) is 6.10 Å². The van der Waals surface area contributed by atoms with Gasteiger partial charge in [0, 0.05) is 6.54 Å². The van der Waals surface area contributed by atoms with Gasteiger partial charge >= 0.3 is 0 Å². The van der Waals surface area contributed by atoms with Crippen molar-refractivity contribution >= 4 is 23.1 Å². The maximum absolute atomic E-state index is 12.9. The number of benzene rings is 2. The average molecular weight is 384 g/mol. The Hall–Kier alpha value is -3.06. The molecule has 148 valence electrons. The van der Waals surface area contributed by atoms with Crippen LogP contribution in [0.15, 0.2) is 42.5 Å². The molecule has 0 bridgehead atoms. The number of amides is 1. The molecule has 3 rings (SSSR count). The Labute approximate surface area is 164 Å². The molecule has 1 heterocycles. The van der Waals surface area contributed by atoms with Gasteiger partial charge in [-0.05, 0) is 31.2 Å². The zero-order chi connectivity index (χ0) is 20.1. The highest BCUT2D eigenvalue weighted by Gasteiger charge is 2.26. The van der Waals surface area contributed by atoms with Crippen molar-refractivity contribution in [1.82, 2.24) is 0 Å². The number of hydrogen-bond acceptors (Lipinski definition) is 6. The van der Waals surface area contributed by atoms with Crippen molar-refractivity contribution in [3.8, 4) is 11.5 Å². The highest BCUT2D eigenvalue weighted by Crippen LogP contribution is 2.33. The predicted molar refractivity (Wildman–Crippen MR) is 107 cm³/mol. The molecule has 1 saturated heterocycles. The summed E-state index contributed by atoms with van der Waals surface area (Å²) in [6.45, 7) is 3.07. The van der Waals surface area contributed by atoms with E-state index in [9.17, 15) is 9.59 Å². The van der Waals surface area contributed by atoms with Gasteiger partial charge < -0.3 is 24.4 Å². The third-order valence-electron chi connectivity index (χ3n) is 4.66. The SMILES string of the molecule is COc1cccc(C(=O)Nc2ccccc2N2CCOC(C(C)=O)C2)c1OC. The Bertz CT molecular complexity index is 868. The first-order valence-corrected chi connectivity index (χ1v) is 9.03. The second-order valence-corrected chi connectivity index (χ2v) is 6.43. The van der Waals surface area contributed by atoms with E-state index in [1.54, 1.807) is 18.2 Å². The number of ketones is 1. The quantitative estimate of drug-likeness (QED) is 0.825. The van der Waals surface area contributed by atoms with Crippen LogP contribution in [-0.2, 0) is 9.53 Å². The van der Waals surface area contributed by atoms with E-state index in [4.69, 9.17) is 14.2 Å². The summed E-state index contributed by atoms with van der Waals surface area (Å²) in [7, 11) is 3.02. The first-order chi connectivity index (χ1) is 13.5. The molecule has 1 aliphatic heterocycles. The fraction of sp³-hybridized carbons (Fsp3) is 0.333. The van der Waals surface area contributed by atoms with E-state index in [0.717, 1.165) is 5.69 Å². The number of nitrogens with zero attached hydrogens (tertiary/aromatic N) is 1. The van der Waals surface area contributed by atoms with Crippen LogP contribution < -0.4 is 19.7 Å². The number of rotatable bonds is 6. The highest BCUT2D eigenvalue weighted by atomic mass is 16.5. The van der Waals surface area contributed by atoms with Crippen LogP contribution >= 0.6 is 0 Å². The zero-order valence-electron chi connectivity index (χ0n) is 16.2. The molecule has 1 unspecified atom stereocenters. The summed E-state index contributed by atoms with van der Waals surface area (Å²) < 4.78 is 16.2. The number of ether oxygens (including phenoxy) is 3. The molecular formula is C21H24N2O5. The zero-order valence-corrected chi connectivity index (χ0v) is 16.2. The topological polar surface area (TPSA) is 77.1 Å². The minimum Gasteiger partial charge on any atom is -0.493 e. The van der Waals surface area contributed by atoms with Crippen LogP contribution in [0.25, 0.3) is 0 Å². The van der Waals surface area contributed by atoms with E-state index in [1.807, 2.05) is 29.2 Å². The number of carbonyl (C=O) groups excluding carboxylic acids is 2.